The van der Waals surface area contributed by atoms with Crippen LogP contribution < -0.4 is 21.3 Å². The molecule has 9 nitrogen and oxygen atoms in total. The Balaban J connectivity index is 0.000000539. The molecule has 3 amide bonds. The second-order valence-electron chi connectivity index (χ2n) is 6.88. The lowest BCUT2D eigenvalue weighted by Crippen LogP contribution is -2.48. The summed E-state index contributed by atoms with van der Waals surface area (Å²) < 4.78 is 4.60. The predicted molar refractivity (Wildman–Crippen MR) is 112 cm³/mol. The van der Waals surface area contributed by atoms with E-state index < -0.39 is 17.9 Å². The van der Waals surface area contributed by atoms with Gasteiger partial charge in [-0.15, -0.1) is 0 Å². The van der Waals surface area contributed by atoms with Gasteiger partial charge in [0.05, 0.1) is 19.7 Å². The van der Waals surface area contributed by atoms with Gasteiger partial charge < -0.3 is 26.0 Å². The Labute approximate surface area is 177 Å². The molecule has 1 aliphatic heterocycles. The number of methoxy groups -OCH3 is 1. The Kier molecular flexibility index (Phi) is 11.8. The van der Waals surface area contributed by atoms with Crippen LogP contribution in [0.4, 0.5) is 0 Å². The zero-order valence-corrected chi connectivity index (χ0v) is 17.8. The fourth-order valence-electron chi connectivity index (χ4n) is 2.77. The normalized spacial score (nSPS) is 15.8. The Morgan fingerprint density at radius 1 is 1.17 bits per heavy atom. The van der Waals surface area contributed by atoms with Crippen molar-refractivity contribution in [2.45, 2.75) is 44.7 Å². The number of amides is 3. The van der Waals surface area contributed by atoms with E-state index in [2.05, 4.69) is 45.1 Å². The maximum atomic E-state index is 11.9. The molecule has 166 valence electrons. The summed E-state index contributed by atoms with van der Waals surface area (Å²) in [5.74, 6) is -1.62. The Morgan fingerprint density at radius 3 is 2.37 bits per heavy atom. The van der Waals surface area contributed by atoms with Crippen LogP contribution in [-0.2, 0) is 23.9 Å². The van der Waals surface area contributed by atoms with E-state index in [9.17, 15) is 19.2 Å². The Morgan fingerprint density at radius 2 is 1.87 bits per heavy atom. The van der Waals surface area contributed by atoms with E-state index >= 15 is 0 Å². The fourth-order valence-corrected chi connectivity index (χ4v) is 2.77. The summed E-state index contributed by atoms with van der Waals surface area (Å²) in [6, 6.07) is 9.07. The second-order valence-corrected chi connectivity index (χ2v) is 6.88. The summed E-state index contributed by atoms with van der Waals surface area (Å²) in [6.45, 7) is 2.64. The number of hydrogen-bond acceptors (Lipinski definition) is 6. The summed E-state index contributed by atoms with van der Waals surface area (Å²) >= 11 is 0. The van der Waals surface area contributed by atoms with Crippen molar-refractivity contribution in [2.75, 3.05) is 27.2 Å². The number of aryl methyl sites for hydroxylation is 1. The largest absolute Gasteiger partial charge is 0.467 e. The van der Waals surface area contributed by atoms with Gasteiger partial charge in [0.15, 0.2) is 0 Å². The van der Waals surface area contributed by atoms with E-state index in [4.69, 9.17) is 0 Å². The average Bonchev–Trinajstić information content (AvgIpc) is 3.30. The van der Waals surface area contributed by atoms with Crippen molar-refractivity contribution in [3.8, 4) is 0 Å². The number of carbonyl (C=O) groups is 4. The molecule has 0 spiro atoms. The third-order valence-electron chi connectivity index (χ3n) is 4.50. The first-order valence-corrected chi connectivity index (χ1v) is 9.97. The van der Waals surface area contributed by atoms with E-state index in [1.54, 1.807) is 0 Å². The van der Waals surface area contributed by atoms with Crippen molar-refractivity contribution in [1.29, 1.82) is 0 Å². The van der Waals surface area contributed by atoms with Crippen molar-refractivity contribution in [3.05, 3.63) is 35.9 Å². The molecule has 1 saturated heterocycles. The number of nitrogens with one attached hydrogen (secondary N) is 4. The molecule has 9 heteroatoms. The molecular formula is C21H32N4O5. The monoisotopic (exact) mass is 420 g/mol. The van der Waals surface area contributed by atoms with Crippen molar-refractivity contribution >= 4 is 23.7 Å². The SMILES string of the molecule is CNC(=O)CCC(NC(=O)CNC(=O)C1CCCN1)C(=O)OC.Cc1ccccc1. The number of benzene rings is 1. The highest BCUT2D eigenvalue weighted by atomic mass is 16.5. The van der Waals surface area contributed by atoms with E-state index in [-0.39, 0.29) is 37.2 Å². The van der Waals surface area contributed by atoms with Crippen LogP contribution in [0.25, 0.3) is 0 Å². The summed E-state index contributed by atoms with van der Waals surface area (Å²) in [7, 11) is 2.69. The number of hydrogen-bond donors (Lipinski definition) is 4. The number of esters is 1. The number of carbonyl (C=O) groups excluding carboxylic acids is 4. The number of rotatable bonds is 8. The first-order chi connectivity index (χ1) is 14.4. The molecule has 0 bridgehead atoms. The smallest absolute Gasteiger partial charge is 0.328 e. The summed E-state index contributed by atoms with van der Waals surface area (Å²) in [6.07, 6.45) is 1.86. The molecule has 2 unspecified atom stereocenters. The van der Waals surface area contributed by atoms with Gasteiger partial charge in [0, 0.05) is 13.5 Å². The molecule has 1 heterocycles. The molecule has 1 aromatic carbocycles. The van der Waals surface area contributed by atoms with Crippen LogP contribution in [0.1, 0.15) is 31.2 Å². The summed E-state index contributed by atoms with van der Waals surface area (Å²) in [5.41, 5.74) is 1.32. The highest BCUT2D eigenvalue weighted by molar-refractivity contribution is 5.90. The zero-order valence-electron chi connectivity index (χ0n) is 17.8. The van der Waals surface area contributed by atoms with Crippen LogP contribution in [0.3, 0.4) is 0 Å². The highest BCUT2D eigenvalue weighted by Crippen LogP contribution is 2.04. The predicted octanol–water partition coefficient (Wildman–Crippen LogP) is 0.0336. The molecule has 1 fully saturated rings. The highest BCUT2D eigenvalue weighted by Gasteiger charge is 2.24. The average molecular weight is 421 g/mol. The van der Waals surface area contributed by atoms with Gasteiger partial charge in [0.2, 0.25) is 17.7 Å². The summed E-state index contributed by atoms with van der Waals surface area (Å²) in [5, 5.41) is 10.4. The van der Waals surface area contributed by atoms with Crippen LogP contribution in [0.5, 0.6) is 0 Å². The third kappa shape index (κ3) is 10.0. The first kappa shape index (κ1) is 25.1. The van der Waals surface area contributed by atoms with Gasteiger partial charge in [-0.2, -0.15) is 0 Å². The lowest BCUT2D eigenvalue weighted by molar-refractivity contribution is -0.145. The molecular weight excluding hydrogens is 388 g/mol. The molecule has 0 radical (unpaired) electrons. The molecule has 1 aromatic rings. The summed E-state index contributed by atoms with van der Waals surface area (Å²) in [4.78, 5) is 46.5. The van der Waals surface area contributed by atoms with Gasteiger partial charge in [-0.3, -0.25) is 14.4 Å². The Hall–Kier alpha value is -2.94. The van der Waals surface area contributed by atoms with Gasteiger partial charge in [0.25, 0.3) is 0 Å². The van der Waals surface area contributed by atoms with Crippen LogP contribution in [0.2, 0.25) is 0 Å². The van der Waals surface area contributed by atoms with E-state index in [1.807, 2.05) is 18.2 Å². The first-order valence-electron chi connectivity index (χ1n) is 9.97. The molecule has 30 heavy (non-hydrogen) atoms. The fraction of sp³-hybridized carbons (Fsp3) is 0.524. The molecule has 1 aliphatic rings. The van der Waals surface area contributed by atoms with Gasteiger partial charge in [-0.1, -0.05) is 35.9 Å². The third-order valence-corrected chi connectivity index (χ3v) is 4.50. The molecule has 2 rings (SSSR count). The van der Waals surface area contributed by atoms with Crippen LogP contribution >= 0.6 is 0 Å². The van der Waals surface area contributed by atoms with Gasteiger partial charge in [-0.05, 0) is 32.7 Å². The zero-order chi connectivity index (χ0) is 22.4. The van der Waals surface area contributed by atoms with Gasteiger partial charge >= 0.3 is 5.97 Å². The van der Waals surface area contributed by atoms with Crippen molar-refractivity contribution in [1.82, 2.24) is 21.3 Å². The topological polar surface area (TPSA) is 126 Å². The maximum Gasteiger partial charge on any atom is 0.328 e. The molecule has 0 saturated carbocycles. The molecule has 0 aliphatic carbocycles. The van der Waals surface area contributed by atoms with Crippen LogP contribution in [0, 0.1) is 6.92 Å². The molecule has 2 atom stereocenters. The number of ether oxygens (including phenoxy) is 1. The maximum absolute atomic E-state index is 11.9. The van der Waals surface area contributed by atoms with Crippen molar-refractivity contribution in [2.24, 2.45) is 0 Å². The molecule has 4 N–H and O–H groups in total. The van der Waals surface area contributed by atoms with E-state index in [1.165, 1.54) is 19.7 Å². The van der Waals surface area contributed by atoms with Crippen molar-refractivity contribution in [3.63, 3.8) is 0 Å². The lowest BCUT2D eigenvalue weighted by atomic mass is 10.1. The molecule has 0 aromatic heterocycles. The van der Waals surface area contributed by atoms with E-state index in [0.717, 1.165) is 19.4 Å². The Bertz CT molecular complexity index is 690. The van der Waals surface area contributed by atoms with Gasteiger partial charge in [0.1, 0.15) is 6.04 Å². The second kappa shape index (κ2) is 14.1. The minimum absolute atomic E-state index is 0.0783. The minimum atomic E-state index is -0.925. The lowest BCUT2D eigenvalue weighted by Gasteiger charge is -2.17. The van der Waals surface area contributed by atoms with Crippen LogP contribution in [0.15, 0.2) is 30.3 Å². The van der Waals surface area contributed by atoms with Crippen LogP contribution in [-0.4, -0.2) is 63.0 Å². The van der Waals surface area contributed by atoms with E-state index in [0.29, 0.717) is 0 Å². The minimum Gasteiger partial charge on any atom is -0.467 e. The standard InChI is InChI=1S/C14H24N4O5.C7H8/c1-15-11(19)6-5-10(14(22)23-2)18-12(20)8-17-13(21)9-4-3-7-16-9;1-7-5-3-2-4-6-7/h9-10,16H,3-8H2,1-2H3,(H,15,19)(H,17,21)(H,18,20);2-6H,1H3. The quantitative estimate of drug-likeness (QED) is 0.440. The van der Waals surface area contributed by atoms with Crippen molar-refractivity contribution < 1.29 is 23.9 Å². The van der Waals surface area contributed by atoms with Gasteiger partial charge in [-0.25, -0.2) is 4.79 Å².